The van der Waals surface area contributed by atoms with Crippen LogP contribution in [0.15, 0.2) is 29.2 Å². The largest absolute Gasteiger partial charge is 0.352 e. The van der Waals surface area contributed by atoms with E-state index < -0.39 is 9.84 Å². The fraction of sp³-hybridized carbons (Fsp3) is 0.417. The highest BCUT2D eigenvalue weighted by molar-refractivity contribution is 7.91. The lowest BCUT2D eigenvalue weighted by molar-refractivity contribution is 0.0952. The van der Waals surface area contributed by atoms with Crippen molar-refractivity contribution in [1.82, 2.24) is 5.32 Å². The summed E-state index contributed by atoms with van der Waals surface area (Å²) in [6.45, 7) is 4.06. The van der Waals surface area contributed by atoms with Crippen molar-refractivity contribution < 1.29 is 13.2 Å². The molecule has 0 saturated carbocycles. The third kappa shape index (κ3) is 3.30. The van der Waals surface area contributed by atoms with Crippen LogP contribution in [0.25, 0.3) is 0 Å². The van der Waals surface area contributed by atoms with Gasteiger partial charge in [0.05, 0.1) is 16.2 Å². The molecule has 0 heterocycles. The van der Waals surface area contributed by atoms with Crippen molar-refractivity contribution in [1.29, 1.82) is 0 Å². The summed E-state index contributed by atoms with van der Waals surface area (Å²) in [4.78, 5) is 11.9. The van der Waals surface area contributed by atoms with Crippen molar-refractivity contribution in [2.45, 2.75) is 25.2 Å². The average Bonchev–Trinajstić information content (AvgIpc) is 2.29. The Bertz CT molecular complexity index is 494. The zero-order chi connectivity index (χ0) is 12.9. The van der Waals surface area contributed by atoms with Gasteiger partial charge in [-0.1, -0.05) is 19.1 Å². The molecular formula is C12H17NO3S. The predicted octanol–water partition coefficient (Wildman–Crippen LogP) is 1.62. The van der Waals surface area contributed by atoms with Gasteiger partial charge in [0.25, 0.3) is 5.91 Å². The van der Waals surface area contributed by atoms with Crippen LogP contribution in [0, 0.1) is 0 Å². The molecule has 5 heteroatoms. The molecule has 0 saturated heterocycles. The molecule has 1 amide bonds. The van der Waals surface area contributed by atoms with Gasteiger partial charge in [0.15, 0.2) is 9.84 Å². The number of carbonyl (C=O) groups excluding carboxylic acids is 1. The fourth-order valence-corrected chi connectivity index (χ4v) is 3.10. The minimum atomic E-state index is -3.37. The summed E-state index contributed by atoms with van der Waals surface area (Å²) in [5, 5.41) is 2.61. The van der Waals surface area contributed by atoms with E-state index in [2.05, 4.69) is 5.32 Å². The number of carbonyl (C=O) groups is 1. The molecule has 0 atom stereocenters. The second-order valence-electron chi connectivity index (χ2n) is 3.67. The van der Waals surface area contributed by atoms with Gasteiger partial charge in [-0.25, -0.2) is 8.42 Å². The molecule has 0 bridgehead atoms. The zero-order valence-electron chi connectivity index (χ0n) is 10.1. The molecule has 0 unspecified atom stereocenters. The Morgan fingerprint density at radius 2 is 1.88 bits per heavy atom. The molecule has 94 valence electrons. The minimum absolute atomic E-state index is 0.0589. The second kappa shape index (κ2) is 5.82. The van der Waals surface area contributed by atoms with E-state index in [0.717, 1.165) is 0 Å². The minimum Gasteiger partial charge on any atom is -0.352 e. The number of hydrogen-bond donors (Lipinski definition) is 1. The molecule has 1 aromatic rings. The van der Waals surface area contributed by atoms with Gasteiger partial charge in [-0.15, -0.1) is 0 Å². The summed E-state index contributed by atoms with van der Waals surface area (Å²) < 4.78 is 24.0. The molecule has 1 aromatic carbocycles. The molecule has 1 N–H and O–H groups in total. The van der Waals surface area contributed by atoms with Gasteiger partial charge >= 0.3 is 0 Å². The van der Waals surface area contributed by atoms with Gasteiger partial charge in [-0.05, 0) is 25.5 Å². The standard InChI is InChI=1S/C12H17NO3S/c1-3-9-17(15,16)11-8-6-5-7-10(11)12(14)13-4-2/h5-8H,3-4,9H2,1-2H3,(H,13,14). The van der Waals surface area contributed by atoms with Crippen LogP contribution in [0.2, 0.25) is 0 Å². The lowest BCUT2D eigenvalue weighted by atomic mass is 10.2. The fourth-order valence-electron chi connectivity index (χ4n) is 1.56. The van der Waals surface area contributed by atoms with Crippen LogP contribution in [-0.4, -0.2) is 26.6 Å². The van der Waals surface area contributed by atoms with E-state index in [0.29, 0.717) is 13.0 Å². The first-order chi connectivity index (χ1) is 8.03. The first-order valence-corrected chi connectivity index (χ1v) is 7.28. The van der Waals surface area contributed by atoms with Gasteiger partial charge in [0.2, 0.25) is 0 Å². The quantitative estimate of drug-likeness (QED) is 0.869. The van der Waals surface area contributed by atoms with Gasteiger partial charge in [0.1, 0.15) is 0 Å². The highest BCUT2D eigenvalue weighted by atomic mass is 32.2. The van der Waals surface area contributed by atoms with Crippen LogP contribution >= 0.6 is 0 Å². The van der Waals surface area contributed by atoms with Crippen LogP contribution < -0.4 is 5.32 Å². The van der Waals surface area contributed by atoms with Crippen LogP contribution in [0.1, 0.15) is 30.6 Å². The molecule has 0 aromatic heterocycles. The summed E-state index contributed by atoms with van der Waals surface area (Å²) in [6, 6.07) is 6.31. The normalized spacial score (nSPS) is 11.2. The number of nitrogens with one attached hydrogen (secondary N) is 1. The van der Waals surface area contributed by atoms with E-state index >= 15 is 0 Å². The highest BCUT2D eigenvalue weighted by Crippen LogP contribution is 2.17. The van der Waals surface area contributed by atoms with E-state index in [1.165, 1.54) is 12.1 Å². The smallest absolute Gasteiger partial charge is 0.252 e. The van der Waals surface area contributed by atoms with Crippen molar-refractivity contribution >= 4 is 15.7 Å². The zero-order valence-corrected chi connectivity index (χ0v) is 10.9. The number of amides is 1. The van der Waals surface area contributed by atoms with Crippen LogP contribution in [0.3, 0.4) is 0 Å². The lowest BCUT2D eigenvalue weighted by Crippen LogP contribution is -2.25. The van der Waals surface area contributed by atoms with Gasteiger partial charge in [-0.2, -0.15) is 0 Å². The maximum atomic E-state index is 12.0. The topological polar surface area (TPSA) is 63.2 Å². The molecule has 17 heavy (non-hydrogen) atoms. The first kappa shape index (κ1) is 13.7. The molecule has 0 aliphatic carbocycles. The molecule has 4 nitrogen and oxygen atoms in total. The second-order valence-corrected chi connectivity index (χ2v) is 5.75. The third-order valence-corrected chi connectivity index (χ3v) is 4.25. The van der Waals surface area contributed by atoms with E-state index in [9.17, 15) is 13.2 Å². The highest BCUT2D eigenvalue weighted by Gasteiger charge is 2.20. The Hall–Kier alpha value is -1.36. The Labute approximate surface area is 102 Å². The molecule has 0 radical (unpaired) electrons. The van der Waals surface area contributed by atoms with E-state index in [4.69, 9.17) is 0 Å². The van der Waals surface area contributed by atoms with Gasteiger partial charge in [-0.3, -0.25) is 4.79 Å². The number of sulfone groups is 1. The van der Waals surface area contributed by atoms with Crippen molar-refractivity contribution in [3.05, 3.63) is 29.8 Å². The molecule has 0 aliphatic rings. The summed E-state index contributed by atoms with van der Waals surface area (Å²) in [5.74, 6) is -0.286. The molecule has 0 aliphatic heterocycles. The van der Waals surface area contributed by atoms with Crippen LogP contribution in [0.5, 0.6) is 0 Å². The van der Waals surface area contributed by atoms with Gasteiger partial charge < -0.3 is 5.32 Å². The summed E-state index contributed by atoms with van der Waals surface area (Å²) in [5.41, 5.74) is 0.225. The van der Waals surface area contributed by atoms with E-state index in [1.54, 1.807) is 26.0 Å². The Balaban J connectivity index is 3.21. The third-order valence-electron chi connectivity index (χ3n) is 2.28. The van der Waals surface area contributed by atoms with Crippen molar-refractivity contribution in [3.8, 4) is 0 Å². The Morgan fingerprint density at radius 3 is 2.47 bits per heavy atom. The number of benzene rings is 1. The lowest BCUT2D eigenvalue weighted by Gasteiger charge is -2.09. The SMILES string of the molecule is CCCS(=O)(=O)c1ccccc1C(=O)NCC. The summed E-state index contributed by atoms with van der Waals surface area (Å²) in [7, 11) is -3.37. The van der Waals surface area contributed by atoms with Crippen molar-refractivity contribution in [3.63, 3.8) is 0 Å². The summed E-state index contributed by atoms with van der Waals surface area (Å²) >= 11 is 0. The first-order valence-electron chi connectivity index (χ1n) is 5.63. The average molecular weight is 255 g/mol. The maximum absolute atomic E-state index is 12.0. The molecule has 0 spiro atoms. The molecule has 0 fully saturated rings. The monoisotopic (exact) mass is 255 g/mol. The number of hydrogen-bond acceptors (Lipinski definition) is 3. The van der Waals surface area contributed by atoms with Crippen LogP contribution in [0.4, 0.5) is 0 Å². The van der Waals surface area contributed by atoms with Gasteiger partial charge in [0, 0.05) is 6.54 Å². The van der Waals surface area contributed by atoms with Crippen LogP contribution in [-0.2, 0) is 9.84 Å². The Kier molecular flexibility index (Phi) is 4.69. The summed E-state index contributed by atoms with van der Waals surface area (Å²) in [6.07, 6.45) is 0.534. The molecular weight excluding hydrogens is 238 g/mol. The maximum Gasteiger partial charge on any atom is 0.252 e. The predicted molar refractivity (Wildman–Crippen MR) is 66.8 cm³/mol. The van der Waals surface area contributed by atoms with Crippen molar-refractivity contribution in [2.75, 3.05) is 12.3 Å². The van der Waals surface area contributed by atoms with Crippen molar-refractivity contribution in [2.24, 2.45) is 0 Å². The van der Waals surface area contributed by atoms with E-state index in [1.807, 2.05) is 0 Å². The molecule has 1 rings (SSSR count). The van der Waals surface area contributed by atoms with E-state index in [-0.39, 0.29) is 22.1 Å². The number of rotatable bonds is 5. The Morgan fingerprint density at radius 1 is 1.24 bits per heavy atom.